The minimum Gasteiger partial charge on any atom is -0.298 e. The number of rotatable bonds is 1. The molecule has 8 heavy (non-hydrogen) atoms. The summed E-state index contributed by atoms with van der Waals surface area (Å²) in [6.45, 7) is 8.13. The molecule has 0 unspecified atom stereocenters. The van der Waals surface area contributed by atoms with Crippen molar-refractivity contribution in [1.29, 1.82) is 0 Å². The van der Waals surface area contributed by atoms with Crippen LogP contribution in [-0.4, -0.2) is 23.5 Å². The molecule has 0 aromatic heterocycles. The Morgan fingerprint density at radius 2 is 2.12 bits per heavy atom. The van der Waals surface area contributed by atoms with Gasteiger partial charge in [0.1, 0.15) is 0 Å². The first-order valence-corrected chi connectivity index (χ1v) is 3.47. The lowest BCUT2D eigenvalue weighted by atomic mass is 10.0. The zero-order chi connectivity index (χ0) is 6.15. The molecule has 1 saturated heterocycles. The van der Waals surface area contributed by atoms with Gasteiger partial charge in [-0.1, -0.05) is 0 Å². The van der Waals surface area contributed by atoms with Gasteiger partial charge in [0.2, 0.25) is 0 Å². The van der Waals surface area contributed by atoms with Crippen LogP contribution in [0.5, 0.6) is 0 Å². The summed E-state index contributed by atoms with van der Waals surface area (Å²) in [5.74, 6) is 0. The lowest BCUT2D eigenvalue weighted by Crippen LogP contribution is -2.49. The first-order valence-electron chi connectivity index (χ1n) is 3.47. The molecule has 1 rings (SSSR count). The lowest BCUT2D eigenvalue weighted by molar-refractivity contribution is 0.0693. The number of hydrogen-bond donors (Lipinski definition) is 0. The van der Waals surface area contributed by atoms with E-state index < -0.39 is 0 Å². The van der Waals surface area contributed by atoms with E-state index in [2.05, 4.69) is 25.7 Å². The van der Waals surface area contributed by atoms with E-state index >= 15 is 0 Å². The summed E-state index contributed by atoms with van der Waals surface area (Å²) in [4.78, 5) is 2.51. The van der Waals surface area contributed by atoms with Crippen molar-refractivity contribution in [3.05, 3.63) is 0 Å². The van der Waals surface area contributed by atoms with Crippen LogP contribution >= 0.6 is 0 Å². The third-order valence-corrected chi connectivity index (χ3v) is 2.03. The summed E-state index contributed by atoms with van der Waals surface area (Å²) in [5, 5.41) is 0. The van der Waals surface area contributed by atoms with E-state index in [1.165, 1.54) is 13.0 Å². The van der Waals surface area contributed by atoms with Crippen molar-refractivity contribution in [2.75, 3.05) is 6.54 Å². The van der Waals surface area contributed by atoms with Crippen molar-refractivity contribution >= 4 is 0 Å². The molecule has 1 heterocycles. The average molecular weight is 113 g/mol. The normalized spacial score (nSPS) is 30.8. The summed E-state index contributed by atoms with van der Waals surface area (Å²) in [5.41, 5.74) is 0. The number of hydrogen-bond acceptors (Lipinski definition) is 1. The molecule has 0 N–H and O–H groups in total. The van der Waals surface area contributed by atoms with E-state index in [0.717, 1.165) is 12.1 Å². The van der Waals surface area contributed by atoms with Crippen LogP contribution in [0.1, 0.15) is 27.2 Å². The highest BCUT2D eigenvalue weighted by Gasteiger charge is 2.24. The first kappa shape index (κ1) is 6.09. The van der Waals surface area contributed by atoms with Crippen molar-refractivity contribution in [1.82, 2.24) is 4.90 Å². The molecule has 48 valence electrons. The number of nitrogens with zero attached hydrogens (tertiary/aromatic N) is 1. The van der Waals surface area contributed by atoms with Crippen molar-refractivity contribution < 1.29 is 0 Å². The zero-order valence-electron chi connectivity index (χ0n) is 6.02. The highest BCUT2D eigenvalue weighted by Crippen LogP contribution is 2.18. The molecule has 1 aliphatic rings. The fourth-order valence-corrected chi connectivity index (χ4v) is 1.30. The molecule has 1 aliphatic heterocycles. The molecular formula is C7H15N. The van der Waals surface area contributed by atoms with Gasteiger partial charge >= 0.3 is 0 Å². The van der Waals surface area contributed by atoms with Crippen LogP contribution in [-0.2, 0) is 0 Å². The van der Waals surface area contributed by atoms with Crippen molar-refractivity contribution in [2.24, 2.45) is 0 Å². The number of likely N-dealkylation sites (tertiary alicyclic amines) is 1. The molecule has 0 spiro atoms. The van der Waals surface area contributed by atoms with Crippen LogP contribution in [0.25, 0.3) is 0 Å². The summed E-state index contributed by atoms with van der Waals surface area (Å²) in [7, 11) is 0. The minimum atomic E-state index is 0.763. The highest BCUT2D eigenvalue weighted by molar-refractivity contribution is 4.80. The second-order valence-electron chi connectivity index (χ2n) is 2.97. The maximum atomic E-state index is 2.51. The van der Waals surface area contributed by atoms with Crippen molar-refractivity contribution in [2.45, 2.75) is 39.3 Å². The Bertz CT molecular complexity index is 73.7. The standard InChI is InChI=1S/C7H15N/c1-6(2)8-5-4-7(8)3/h6-7H,4-5H2,1-3H3/t7-/m0/s1. The van der Waals surface area contributed by atoms with E-state index in [-0.39, 0.29) is 0 Å². The van der Waals surface area contributed by atoms with Crippen LogP contribution in [0, 0.1) is 0 Å². The van der Waals surface area contributed by atoms with Gasteiger partial charge in [-0.3, -0.25) is 4.90 Å². The van der Waals surface area contributed by atoms with Gasteiger partial charge in [-0.15, -0.1) is 0 Å². The molecule has 1 atom stereocenters. The molecule has 0 aliphatic carbocycles. The Morgan fingerprint density at radius 3 is 2.12 bits per heavy atom. The van der Waals surface area contributed by atoms with Gasteiger partial charge in [0.25, 0.3) is 0 Å². The SMILES string of the molecule is CC(C)N1CC[C@@H]1C. The summed E-state index contributed by atoms with van der Waals surface area (Å²) < 4.78 is 0. The van der Waals surface area contributed by atoms with Gasteiger partial charge in [-0.2, -0.15) is 0 Å². The zero-order valence-corrected chi connectivity index (χ0v) is 6.02. The molecule has 1 heteroatoms. The maximum absolute atomic E-state index is 2.51. The summed E-state index contributed by atoms with van der Waals surface area (Å²) in [6.07, 6.45) is 1.40. The maximum Gasteiger partial charge on any atom is 0.00818 e. The molecular weight excluding hydrogens is 98.1 g/mol. The van der Waals surface area contributed by atoms with Gasteiger partial charge in [-0.25, -0.2) is 0 Å². The van der Waals surface area contributed by atoms with Gasteiger partial charge in [-0.05, 0) is 27.2 Å². The Hall–Kier alpha value is -0.0400. The van der Waals surface area contributed by atoms with Crippen molar-refractivity contribution in [3.8, 4) is 0 Å². The van der Waals surface area contributed by atoms with Gasteiger partial charge in [0.05, 0.1) is 0 Å². The Balaban J connectivity index is 2.26. The third-order valence-electron chi connectivity index (χ3n) is 2.03. The van der Waals surface area contributed by atoms with Gasteiger partial charge in [0.15, 0.2) is 0 Å². The van der Waals surface area contributed by atoms with Gasteiger partial charge < -0.3 is 0 Å². The largest absolute Gasteiger partial charge is 0.298 e. The predicted octanol–water partition coefficient (Wildman–Crippen LogP) is 1.49. The van der Waals surface area contributed by atoms with Crippen molar-refractivity contribution in [3.63, 3.8) is 0 Å². The van der Waals surface area contributed by atoms with E-state index in [1.807, 2.05) is 0 Å². The van der Waals surface area contributed by atoms with E-state index in [0.29, 0.717) is 0 Å². The summed E-state index contributed by atoms with van der Waals surface area (Å²) >= 11 is 0. The second kappa shape index (κ2) is 2.06. The van der Waals surface area contributed by atoms with Crippen LogP contribution in [0.4, 0.5) is 0 Å². The predicted molar refractivity (Wildman–Crippen MR) is 35.9 cm³/mol. The fourth-order valence-electron chi connectivity index (χ4n) is 1.30. The minimum absolute atomic E-state index is 0.763. The highest BCUT2D eigenvalue weighted by atomic mass is 15.2. The Labute approximate surface area is 51.7 Å². The lowest BCUT2D eigenvalue weighted by Gasteiger charge is -2.41. The first-order chi connectivity index (χ1) is 3.72. The molecule has 0 aromatic rings. The van der Waals surface area contributed by atoms with Crippen LogP contribution < -0.4 is 0 Å². The smallest absolute Gasteiger partial charge is 0.00818 e. The summed E-state index contributed by atoms with van der Waals surface area (Å²) in [6, 6.07) is 1.62. The van der Waals surface area contributed by atoms with E-state index in [1.54, 1.807) is 0 Å². The Kier molecular flexibility index (Phi) is 1.57. The molecule has 0 amide bonds. The fraction of sp³-hybridized carbons (Fsp3) is 1.00. The van der Waals surface area contributed by atoms with E-state index in [4.69, 9.17) is 0 Å². The molecule has 0 bridgehead atoms. The van der Waals surface area contributed by atoms with Gasteiger partial charge in [0, 0.05) is 18.6 Å². The van der Waals surface area contributed by atoms with Crippen LogP contribution in [0.3, 0.4) is 0 Å². The second-order valence-corrected chi connectivity index (χ2v) is 2.97. The average Bonchev–Trinajstić information content (AvgIpc) is 1.61. The van der Waals surface area contributed by atoms with Crippen LogP contribution in [0.15, 0.2) is 0 Å². The third kappa shape index (κ3) is 0.873. The monoisotopic (exact) mass is 113 g/mol. The van der Waals surface area contributed by atoms with E-state index in [9.17, 15) is 0 Å². The molecule has 0 aromatic carbocycles. The molecule has 1 nitrogen and oxygen atoms in total. The van der Waals surface area contributed by atoms with Crippen LogP contribution in [0.2, 0.25) is 0 Å². The molecule has 1 fully saturated rings. The molecule has 0 saturated carbocycles. The topological polar surface area (TPSA) is 3.24 Å². The Morgan fingerprint density at radius 1 is 1.50 bits per heavy atom. The molecule has 0 radical (unpaired) electrons. The quantitative estimate of drug-likeness (QED) is 0.498.